The number of morpholine rings is 1. The zero-order valence-electron chi connectivity index (χ0n) is 13.6. The molecule has 128 valence electrons. The van der Waals surface area contributed by atoms with E-state index < -0.39 is 0 Å². The summed E-state index contributed by atoms with van der Waals surface area (Å²) in [7, 11) is 1.63. The van der Waals surface area contributed by atoms with Crippen LogP contribution in [-0.4, -0.2) is 66.5 Å². The van der Waals surface area contributed by atoms with Crippen LogP contribution in [0.15, 0.2) is 29.2 Å². The number of hydrogen-bond donors (Lipinski definition) is 0. The van der Waals surface area contributed by atoms with Crippen molar-refractivity contribution in [2.45, 2.75) is 0 Å². The van der Waals surface area contributed by atoms with E-state index >= 15 is 0 Å². The van der Waals surface area contributed by atoms with E-state index in [1.807, 2.05) is 30.3 Å². The number of carbonyl (C=O) groups excluding carboxylic acids is 1. The number of methoxy groups -OCH3 is 1. The average molecular weight is 364 g/mol. The second-order valence-electron chi connectivity index (χ2n) is 5.56. The lowest BCUT2D eigenvalue weighted by molar-refractivity contribution is -0.122. The van der Waals surface area contributed by atoms with Crippen LogP contribution in [0.1, 0.15) is 5.56 Å². The van der Waals surface area contributed by atoms with Crippen molar-refractivity contribution in [3.8, 4) is 5.75 Å². The number of thioether (sulfide) groups is 1. The molecule has 2 aliphatic heterocycles. The van der Waals surface area contributed by atoms with Crippen molar-refractivity contribution in [2.75, 3.05) is 46.5 Å². The Morgan fingerprint density at radius 1 is 1.25 bits per heavy atom. The monoisotopic (exact) mass is 364 g/mol. The molecular weight excluding hydrogens is 344 g/mol. The van der Waals surface area contributed by atoms with Gasteiger partial charge in [0.05, 0.1) is 25.2 Å². The minimum Gasteiger partial charge on any atom is -0.497 e. The number of rotatable bonds is 5. The number of ether oxygens (including phenoxy) is 2. The Kier molecular flexibility index (Phi) is 5.89. The second kappa shape index (κ2) is 8.11. The fourth-order valence-corrected chi connectivity index (χ4v) is 3.92. The molecule has 0 atom stereocenters. The highest BCUT2D eigenvalue weighted by molar-refractivity contribution is 8.26. The van der Waals surface area contributed by atoms with Gasteiger partial charge in [-0.15, -0.1) is 0 Å². The van der Waals surface area contributed by atoms with Gasteiger partial charge in [0.15, 0.2) is 0 Å². The third-order valence-electron chi connectivity index (χ3n) is 4.03. The largest absolute Gasteiger partial charge is 0.497 e. The molecule has 2 saturated heterocycles. The van der Waals surface area contributed by atoms with Crippen LogP contribution >= 0.6 is 24.0 Å². The lowest BCUT2D eigenvalue weighted by Crippen LogP contribution is -2.42. The Hall–Kier alpha value is -1.41. The van der Waals surface area contributed by atoms with Gasteiger partial charge in [0.2, 0.25) is 0 Å². The van der Waals surface area contributed by atoms with Gasteiger partial charge in [-0.1, -0.05) is 36.1 Å². The van der Waals surface area contributed by atoms with Crippen LogP contribution in [0.5, 0.6) is 5.75 Å². The van der Waals surface area contributed by atoms with Crippen LogP contribution in [0.25, 0.3) is 6.08 Å². The van der Waals surface area contributed by atoms with Crippen molar-refractivity contribution in [1.82, 2.24) is 9.80 Å². The number of amides is 1. The molecule has 0 spiro atoms. The highest BCUT2D eigenvalue weighted by atomic mass is 32.2. The van der Waals surface area contributed by atoms with Crippen LogP contribution in [0.4, 0.5) is 0 Å². The molecule has 0 N–H and O–H groups in total. The van der Waals surface area contributed by atoms with Crippen LogP contribution in [-0.2, 0) is 9.53 Å². The first-order valence-electron chi connectivity index (χ1n) is 7.87. The van der Waals surface area contributed by atoms with Gasteiger partial charge in [-0.3, -0.25) is 14.6 Å². The van der Waals surface area contributed by atoms with Gasteiger partial charge in [0.1, 0.15) is 10.1 Å². The predicted molar refractivity (Wildman–Crippen MR) is 100 cm³/mol. The van der Waals surface area contributed by atoms with Gasteiger partial charge in [-0.25, -0.2) is 0 Å². The third-order valence-corrected chi connectivity index (χ3v) is 5.41. The SMILES string of the molecule is COc1ccc(/C=C2\SC(=S)N(CCN3CCOCC3)C2=O)cc1. The summed E-state index contributed by atoms with van der Waals surface area (Å²) in [6.45, 7) is 4.80. The Bertz CT molecular complexity index is 640. The fraction of sp³-hybridized carbons (Fsp3) is 0.412. The molecule has 2 aliphatic rings. The van der Waals surface area contributed by atoms with Crippen LogP contribution in [0.2, 0.25) is 0 Å². The molecule has 0 aromatic heterocycles. The molecule has 2 heterocycles. The smallest absolute Gasteiger partial charge is 0.266 e. The molecule has 1 amide bonds. The van der Waals surface area contributed by atoms with Gasteiger partial charge in [0.25, 0.3) is 5.91 Å². The van der Waals surface area contributed by atoms with Gasteiger partial charge in [-0.05, 0) is 23.8 Å². The summed E-state index contributed by atoms with van der Waals surface area (Å²) in [4.78, 5) is 17.3. The maximum atomic E-state index is 12.6. The standard InChI is InChI=1S/C17H20N2O3S2/c1-21-14-4-2-13(3-5-14)12-15-16(20)19(17(23)24-15)7-6-18-8-10-22-11-9-18/h2-5,12H,6-11H2,1H3/b15-12-. The van der Waals surface area contributed by atoms with Crippen molar-refractivity contribution in [1.29, 1.82) is 0 Å². The van der Waals surface area contributed by atoms with Crippen molar-refractivity contribution in [3.05, 3.63) is 34.7 Å². The molecule has 0 unspecified atom stereocenters. The highest BCUT2D eigenvalue weighted by Crippen LogP contribution is 2.32. The molecule has 2 fully saturated rings. The molecule has 1 aromatic carbocycles. The van der Waals surface area contributed by atoms with Crippen molar-refractivity contribution >= 4 is 40.3 Å². The topological polar surface area (TPSA) is 42.0 Å². The Balaban J connectivity index is 1.63. The molecular formula is C17H20N2O3S2. The first kappa shape index (κ1) is 17.4. The number of thiocarbonyl (C=S) groups is 1. The van der Waals surface area contributed by atoms with E-state index in [1.54, 1.807) is 12.0 Å². The number of nitrogens with zero attached hydrogens (tertiary/aromatic N) is 2. The molecule has 1 aromatic rings. The van der Waals surface area contributed by atoms with Crippen LogP contribution < -0.4 is 4.74 Å². The second-order valence-corrected chi connectivity index (χ2v) is 7.24. The molecule has 24 heavy (non-hydrogen) atoms. The normalized spacial score (nSPS) is 20.9. The summed E-state index contributed by atoms with van der Waals surface area (Å²) < 4.78 is 11.1. The zero-order valence-corrected chi connectivity index (χ0v) is 15.2. The number of carbonyl (C=O) groups is 1. The maximum Gasteiger partial charge on any atom is 0.266 e. The Morgan fingerprint density at radius 2 is 1.96 bits per heavy atom. The van der Waals surface area contributed by atoms with Crippen LogP contribution in [0.3, 0.4) is 0 Å². The molecule has 7 heteroatoms. The first-order valence-corrected chi connectivity index (χ1v) is 9.09. The third kappa shape index (κ3) is 4.16. The minimum absolute atomic E-state index is 0.00548. The highest BCUT2D eigenvalue weighted by Gasteiger charge is 2.32. The van der Waals surface area contributed by atoms with Gasteiger partial charge in [-0.2, -0.15) is 0 Å². The quantitative estimate of drug-likeness (QED) is 0.590. The summed E-state index contributed by atoms with van der Waals surface area (Å²) in [6, 6.07) is 7.62. The summed E-state index contributed by atoms with van der Waals surface area (Å²) in [5.74, 6) is 0.791. The summed E-state index contributed by atoms with van der Waals surface area (Å²) in [5, 5.41) is 0. The van der Waals surface area contributed by atoms with E-state index in [2.05, 4.69) is 4.90 Å². The minimum atomic E-state index is -0.00548. The molecule has 5 nitrogen and oxygen atoms in total. The van der Waals surface area contributed by atoms with E-state index in [9.17, 15) is 4.79 Å². The number of hydrogen-bond acceptors (Lipinski definition) is 6. The predicted octanol–water partition coefficient (Wildman–Crippen LogP) is 2.23. The molecule has 0 aliphatic carbocycles. The average Bonchev–Trinajstić information content (AvgIpc) is 2.88. The Morgan fingerprint density at radius 3 is 2.62 bits per heavy atom. The van der Waals surface area contributed by atoms with Gasteiger partial charge < -0.3 is 9.47 Å². The van der Waals surface area contributed by atoms with Gasteiger partial charge >= 0.3 is 0 Å². The summed E-state index contributed by atoms with van der Waals surface area (Å²) >= 11 is 6.75. The molecule has 0 bridgehead atoms. The fourth-order valence-electron chi connectivity index (χ4n) is 2.61. The lowest BCUT2D eigenvalue weighted by Gasteiger charge is -2.28. The summed E-state index contributed by atoms with van der Waals surface area (Å²) in [5.41, 5.74) is 0.962. The van der Waals surface area contributed by atoms with E-state index in [1.165, 1.54) is 11.8 Å². The summed E-state index contributed by atoms with van der Waals surface area (Å²) in [6.07, 6.45) is 1.88. The lowest BCUT2D eigenvalue weighted by atomic mass is 10.2. The number of benzene rings is 1. The van der Waals surface area contributed by atoms with Crippen molar-refractivity contribution in [3.63, 3.8) is 0 Å². The van der Waals surface area contributed by atoms with E-state index in [4.69, 9.17) is 21.7 Å². The molecule has 3 rings (SSSR count). The van der Waals surface area contributed by atoms with E-state index in [-0.39, 0.29) is 5.91 Å². The maximum absolute atomic E-state index is 12.6. The van der Waals surface area contributed by atoms with Gasteiger partial charge in [0, 0.05) is 26.2 Å². The van der Waals surface area contributed by atoms with Crippen LogP contribution in [0, 0.1) is 0 Å². The zero-order chi connectivity index (χ0) is 16.9. The van der Waals surface area contributed by atoms with E-state index in [0.717, 1.165) is 44.2 Å². The molecule has 0 radical (unpaired) electrons. The van der Waals surface area contributed by atoms with E-state index in [0.29, 0.717) is 15.8 Å². The van der Waals surface area contributed by atoms with Crippen molar-refractivity contribution < 1.29 is 14.3 Å². The molecule has 0 saturated carbocycles. The first-order chi connectivity index (χ1) is 11.7. The Labute approximate surface area is 151 Å². The van der Waals surface area contributed by atoms with Crippen molar-refractivity contribution in [2.24, 2.45) is 0 Å².